The molecule has 2 aliphatic carbocycles. The minimum atomic E-state index is -3.89. The third-order valence-corrected chi connectivity index (χ3v) is 13.2. The Balaban J connectivity index is 1.34. The predicted molar refractivity (Wildman–Crippen MR) is 203 cm³/mol. The molecule has 1 saturated heterocycles. The molecule has 1 N–H and O–H groups in total. The van der Waals surface area contributed by atoms with Crippen molar-refractivity contribution < 1.29 is 50.6 Å². The maximum Gasteiger partial charge on any atom is 0.307 e. The van der Waals surface area contributed by atoms with E-state index in [4.69, 9.17) is 14.2 Å². The SMILES string of the molecule is C[C@@H]1CC/C=C\[C@@H]2C[C@@]2(C(=O)NS(=O)(=O)C2CC2)CC(=O)[C@@H]2C[C@@H](Oc3ncc(OCC(F)F)c4ccccc34)CN2C(=O)[C@@H](CC(=O)OC(C)(C)C)[C@H](C)C1. The quantitative estimate of drug-likeness (QED) is 0.218. The van der Waals surface area contributed by atoms with Crippen LogP contribution in [0.2, 0.25) is 0 Å². The molecular weight excluding hydrogens is 749 g/mol. The number of nitrogens with zero attached hydrogens (tertiary/aromatic N) is 2. The van der Waals surface area contributed by atoms with E-state index in [1.807, 2.05) is 19.1 Å². The van der Waals surface area contributed by atoms with Crippen molar-refractivity contribution in [1.29, 1.82) is 0 Å². The lowest BCUT2D eigenvalue weighted by Crippen LogP contribution is -2.47. The van der Waals surface area contributed by atoms with Crippen LogP contribution in [0.5, 0.6) is 11.6 Å². The summed E-state index contributed by atoms with van der Waals surface area (Å²) in [7, 11) is -3.89. The van der Waals surface area contributed by atoms with Gasteiger partial charge in [-0.15, -0.1) is 0 Å². The van der Waals surface area contributed by atoms with Crippen LogP contribution in [0, 0.1) is 29.1 Å². The highest BCUT2D eigenvalue weighted by molar-refractivity contribution is 7.90. The van der Waals surface area contributed by atoms with E-state index < -0.39 is 81.0 Å². The maximum absolute atomic E-state index is 14.8. The van der Waals surface area contributed by atoms with E-state index in [9.17, 15) is 36.4 Å². The highest BCUT2D eigenvalue weighted by Gasteiger charge is 2.61. The Morgan fingerprint density at radius 3 is 2.46 bits per heavy atom. The molecule has 2 aliphatic heterocycles. The Morgan fingerprint density at radius 2 is 1.79 bits per heavy atom. The van der Waals surface area contributed by atoms with Gasteiger partial charge in [-0.05, 0) is 83.1 Å². The number of rotatable bonds is 10. The Bertz CT molecular complexity index is 1960. The molecule has 1 aromatic heterocycles. The number of sulfonamides is 1. The average molecular weight is 802 g/mol. The van der Waals surface area contributed by atoms with Crippen molar-refractivity contribution >= 4 is 44.4 Å². The van der Waals surface area contributed by atoms with Gasteiger partial charge in [0.15, 0.2) is 5.78 Å². The fourth-order valence-corrected chi connectivity index (χ4v) is 9.59. The van der Waals surface area contributed by atoms with E-state index in [0.717, 1.165) is 6.42 Å². The predicted octanol–water partition coefficient (Wildman–Crippen LogP) is 6.16. The molecule has 7 atom stereocenters. The fraction of sp³-hybridized carbons (Fsp3) is 0.634. The monoisotopic (exact) mass is 801 g/mol. The number of hydrogen-bond donors (Lipinski definition) is 1. The van der Waals surface area contributed by atoms with E-state index in [2.05, 4.69) is 16.6 Å². The van der Waals surface area contributed by atoms with Crippen LogP contribution in [0.25, 0.3) is 10.8 Å². The molecule has 0 radical (unpaired) electrons. The van der Waals surface area contributed by atoms with Crippen LogP contribution in [0.3, 0.4) is 0 Å². The zero-order chi connectivity index (χ0) is 40.6. The standard InChI is InChI=1S/C41H53F2N3O9S/c1-24-10-6-7-11-26-19-41(26,39(50)45-56(51,52)28-14-15-28)20-33(47)32-17-27(22-46(32)38(49)31(25(2)16-24)18-36(48)55-40(3,4)5)54-37-30-13-9-8-12-29(30)34(21-44-37)53-23-35(42)43/h7-9,11-13,21,24-28,31-32,35H,6,10,14-20,22-23H2,1-5H3,(H,45,50)/b11-7-/t24-,25-,26-,27-,31+,32+,41-/m1/s1. The number of pyridine rings is 1. The van der Waals surface area contributed by atoms with Gasteiger partial charge in [-0.2, -0.15) is 0 Å². The molecule has 15 heteroatoms. The van der Waals surface area contributed by atoms with Crippen molar-refractivity contribution in [3.05, 3.63) is 42.6 Å². The molecule has 56 heavy (non-hydrogen) atoms. The number of esters is 1. The Morgan fingerprint density at radius 1 is 1.07 bits per heavy atom. The van der Waals surface area contributed by atoms with Gasteiger partial charge in [-0.1, -0.05) is 44.2 Å². The smallest absolute Gasteiger partial charge is 0.307 e. The molecule has 3 heterocycles. The third-order valence-electron chi connectivity index (χ3n) is 11.3. The molecule has 2 aromatic rings. The second kappa shape index (κ2) is 16.4. The molecular formula is C41H53F2N3O9S. The van der Waals surface area contributed by atoms with Crippen LogP contribution >= 0.6 is 0 Å². The van der Waals surface area contributed by atoms with Gasteiger partial charge in [0.05, 0.1) is 41.8 Å². The first kappa shape index (κ1) is 41.5. The number of nitrogens with one attached hydrogen (secondary N) is 1. The molecule has 306 valence electrons. The molecule has 3 fully saturated rings. The van der Waals surface area contributed by atoms with Crippen molar-refractivity contribution in [1.82, 2.24) is 14.6 Å². The number of ether oxygens (including phenoxy) is 3. The van der Waals surface area contributed by atoms with E-state index in [0.29, 0.717) is 36.5 Å². The Labute approximate surface area is 327 Å². The zero-order valence-electron chi connectivity index (χ0n) is 32.7. The van der Waals surface area contributed by atoms with Gasteiger partial charge < -0.3 is 19.1 Å². The van der Waals surface area contributed by atoms with Crippen molar-refractivity contribution in [2.24, 2.45) is 29.1 Å². The zero-order valence-corrected chi connectivity index (χ0v) is 33.5. The second-order valence-electron chi connectivity index (χ2n) is 17.2. The summed E-state index contributed by atoms with van der Waals surface area (Å²) in [5.74, 6) is -3.07. The number of carbonyl (C=O) groups excluding carboxylic acids is 4. The normalized spacial score (nSPS) is 29.5. The number of aromatic nitrogens is 1. The summed E-state index contributed by atoms with van der Waals surface area (Å²) >= 11 is 0. The summed E-state index contributed by atoms with van der Waals surface area (Å²) in [6.45, 7) is 8.41. The first-order valence-corrected chi connectivity index (χ1v) is 21.1. The van der Waals surface area contributed by atoms with Gasteiger partial charge in [-0.3, -0.25) is 23.9 Å². The average Bonchev–Trinajstić information content (AvgIpc) is 4.04. The highest BCUT2D eigenvalue weighted by atomic mass is 32.2. The van der Waals surface area contributed by atoms with Crippen LogP contribution in [0.1, 0.15) is 92.4 Å². The summed E-state index contributed by atoms with van der Waals surface area (Å²) < 4.78 is 71.5. The number of amides is 2. The van der Waals surface area contributed by atoms with Gasteiger partial charge in [-0.25, -0.2) is 22.2 Å². The van der Waals surface area contributed by atoms with Gasteiger partial charge >= 0.3 is 5.97 Å². The van der Waals surface area contributed by atoms with Crippen molar-refractivity contribution in [2.75, 3.05) is 13.2 Å². The van der Waals surface area contributed by atoms with Crippen molar-refractivity contribution in [3.8, 4) is 11.6 Å². The number of hydrogen-bond acceptors (Lipinski definition) is 10. The summed E-state index contributed by atoms with van der Waals surface area (Å²) in [6.07, 6.45) is 4.59. The van der Waals surface area contributed by atoms with Crippen LogP contribution in [-0.2, 0) is 33.9 Å². The number of alkyl halides is 2. The van der Waals surface area contributed by atoms with E-state index in [1.165, 1.54) is 11.1 Å². The van der Waals surface area contributed by atoms with Crippen molar-refractivity contribution in [2.45, 2.75) is 122 Å². The minimum Gasteiger partial charge on any atom is -0.485 e. The van der Waals surface area contributed by atoms with Crippen LogP contribution in [0.15, 0.2) is 42.6 Å². The Kier molecular flexibility index (Phi) is 12.1. The highest BCUT2D eigenvalue weighted by Crippen LogP contribution is 2.57. The summed E-state index contributed by atoms with van der Waals surface area (Å²) in [4.78, 5) is 62.4. The maximum atomic E-state index is 14.8. The van der Waals surface area contributed by atoms with Crippen molar-refractivity contribution in [3.63, 3.8) is 0 Å². The lowest BCUT2D eigenvalue weighted by atomic mass is 9.82. The molecule has 0 bridgehead atoms. The second-order valence-corrected chi connectivity index (χ2v) is 19.1. The lowest BCUT2D eigenvalue weighted by Gasteiger charge is -2.32. The molecule has 4 aliphatic rings. The molecule has 2 amide bonds. The topological polar surface area (TPSA) is 158 Å². The van der Waals surface area contributed by atoms with Crippen LogP contribution in [0.4, 0.5) is 8.78 Å². The van der Waals surface area contributed by atoms with Gasteiger partial charge in [0, 0.05) is 23.6 Å². The summed E-state index contributed by atoms with van der Waals surface area (Å²) in [5, 5.41) is 0.335. The van der Waals surface area contributed by atoms with E-state index in [1.54, 1.807) is 45.0 Å². The third kappa shape index (κ3) is 9.69. The number of halogens is 2. The molecule has 2 saturated carbocycles. The number of benzene rings is 1. The first-order valence-electron chi connectivity index (χ1n) is 19.6. The number of Topliss-reactive ketones (excluding diaryl/α,β-unsaturated/α-hetero) is 1. The number of carbonyl (C=O) groups is 4. The minimum absolute atomic E-state index is 0.0345. The number of fused-ring (bicyclic) bond motifs is 3. The summed E-state index contributed by atoms with van der Waals surface area (Å²) in [5.41, 5.74) is -2.09. The van der Waals surface area contributed by atoms with Gasteiger partial charge in [0.2, 0.25) is 27.7 Å². The first-order chi connectivity index (χ1) is 26.4. The number of allylic oxidation sites excluding steroid dienone is 2. The lowest BCUT2D eigenvalue weighted by molar-refractivity contribution is -0.160. The molecule has 0 spiro atoms. The Hall–Kier alpha value is -4.14. The van der Waals surface area contributed by atoms with Crippen LogP contribution < -0.4 is 14.2 Å². The van der Waals surface area contributed by atoms with Gasteiger partial charge in [0.1, 0.15) is 24.1 Å². The molecule has 0 unspecified atom stereocenters. The fourth-order valence-electron chi connectivity index (χ4n) is 8.21. The van der Waals surface area contributed by atoms with Crippen LogP contribution in [-0.4, -0.2) is 84.4 Å². The molecule has 1 aromatic carbocycles. The van der Waals surface area contributed by atoms with E-state index in [-0.39, 0.29) is 61.6 Å². The van der Waals surface area contributed by atoms with Gasteiger partial charge in [0.25, 0.3) is 6.43 Å². The molecule has 12 nitrogen and oxygen atoms in total. The summed E-state index contributed by atoms with van der Waals surface area (Å²) in [6, 6.07) is 5.79. The largest absolute Gasteiger partial charge is 0.485 e. The van der Waals surface area contributed by atoms with E-state index >= 15 is 0 Å². The number of ketones is 1. The molecule has 6 rings (SSSR count).